The van der Waals surface area contributed by atoms with Crippen molar-refractivity contribution in [2.75, 3.05) is 13.1 Å². The number of terminal acetylenes is 1. The molecule has 0 radical (unpaired) electrons. The van der Waals surface area contributed by atoms with Gasteiger partial charge in [-0.05, 0) is 13.3 Å². The van der Waals surface area contributed by atoms with Crippen LogP contribution in [0.1, 0.15) is 19.8 Å². The van der Waals surface area contributed by atoms with Gasteiger partial charge in [-0.15, -0.1) is 12.3 Å². The first-order chi connectivity index (χ1) is 7.85. The van der Waals surface area contributed by atoms with Crippen molar-refractivity contribution in [1.82, 2.24) is 10.2 Å². The summed E-state index contributed by atoms with van der Waals surface area (Å²) in [5, 5.41) is 20.8. The largest absolute Gasteiger partial charge is 0.480 e. The number of carboxylic acid groups (broad SMARTS) is 1. The molecule has 1 fully saturated rings. The summed E-state index contributed by atoms with van der Waals surface area (Å²) in [6, 6.07) is -1.59. The molecule has 1 saturated heterocycles. The summed E-state index contributed by atoms with van der Waals surface area (Å²) in [5.74, 6) is 1.03. The number of aliphatic hydroxyl groups is 1. The van der Waals surface area contributed by atoms with Gasteiger partial charge in [0.25, 0.3) is 0 Å². The van der Waals surface area contributed by atoms with Crippen molar-refractivity contribution in [2.45, 2.75) is 31.4 Å². The molecule has 6 nitrogen and oxygen atoms in total. The first-order valence-electron chi connectivity index (χ1n) is 5.30. The van der Waals surface area contributed by atoms with Crippen molar-refractivity contribution in [2.24, 2.45) is 0 Å². The maximum absolute atomic E-state index is 11.7. The predicted octanol–water partition coefficient (Wildman–Crippen LogP) is -0.371. The van der Waals surface area contributed by atoms with Crippen LogP contribution in [0.3, 0.4) is 0 Å². The van der Waals surface area contributed by atoms with E-state index in [1.54, 1.807) is 6.92 Å². The fraction of sp³-hybridized carbons (Fsp3) is 0.636. The molecular formula is C11H16N2O4. The summed E-state index contributed by atoms with van der Waals surface area (Å²) in [6.45, 7) is 2.23. The van der Waals surface area contributed by atoms with Crippen LogP contribution in [0.5, 0.6) is 0 Å². The number of amides is 2. The molecule has 0 aliphatic carbocycles. The number of urea groups is 1. The molecule has 0 aromatic heterocycles. The van der Waals surface area contributed by atoms with E-state index in [1.807, 2.05) is 0 Å². The van der Waals surface area contributed by atoms with E-state index >= 15 is 0 Å². The van der Waals surface area contributed by atoms with Gasteiger partial charge in [0.15, 0.2) is 0 Å². The molecule has 0 spiro atoms. The van der Waals surface area contributed by atoms with Gasteiger partial charge in [-0.3, -0.25) is 0 Å². The van der Waals surface area contributed by atoms with Gasteiger partial charge in [-0.2, -0.15) is 0 Å². The second-order valence-electron chi connectivity index (χ2n) is 4.42. The highest BCUT2D eigenvalue weighted by atomic mass is 16.4. The molecular weight excluding hydrogens is 224 g/mol. The van der Waals surface area contributed by atoms with Crippen LogP contribution in [0, 0.1) is 12.3 Å². The monoisotopic (exact) mass is 240 g/mol. The Morgan fingerprint density at radius 2 is 2.29 bits per heavy atom. The average molecular weight is 240 g/mol. The molecule has 0 saturated carbocycles. The van der Waals surface area contributed by atoms with E-state index in [0.29, 0.717) is 13.0 Å². The predicted molar refractivity (Wildman–Crippen MR) is 60.2 cm³/mol. The van der Waals surface area contributed by atoms with Gasteiger partial charge >= 0.3 is 12.0 Å². The topological polar surface area (TPSA) is 89.9 Å². The van der Waals surface area contributed by atoms with Crippen LogP contribution >= 0.6 is 0 Å². The Morgan fingerprint density at radius 3 is 2.71 bits per heavy atom. The van der Waals surface area contributed by atoms with E-state index in [2.05, 4.69) is 11.2 Å². The molecule has 6 heteroatoms. The third kappa shape index (κ3) is 3.64. The van der Waals surface area contributed by atoms with Gasteiger partial charge in [0.1, 0.15) is 6.04 Å². The third-order valence-corrected chi connectivity index (χ3v) is 2.66. The number of likely N-dealkylation sites (tertiary alicyclic amines) is 1. The van der Waals surface area contributed by atoms with Gasteiger partial charge < -0.3 is 20.4 Å². The van der Waals surface area contributed by atoms with Gasteiger partial charge in [-0.25, -0.2) is 9.59 Å². The molecule has 1 aliphatic heterocycles. The third-order valence-electron chi connectivity index (χ3n) is 2.66. The highest BCUT2D eigenvalue weighted by Crippen LogP contribution is 2.20. The molecule has 0 aromatic carbocycles. The Hall–Kier alpha value is -1.74. The number of rotatable bonds is 3. The lowest BCUT2D eigenvalue weighted by molar-refractivity contribution is -0.139. The zero-order valence-electron chi connectivity index (χ0n) is 9.64. The van der Waals surface area contributed by atoms with Crippen molar-refractivity contribution in [1.29, 1.82) is 0 Å². The van der Waals surface area contributed by atoms with E-state index in [9.17, 15) is 14.7 Å². The van der Waals surface area contributed by atoms with Gasteiger partial charge in [0, 0.05) is 13.0 Å². The molecule has 0 bridgehead atoms. The molecule has 1 heterocycles. The van der Waals surface area contributed by atoms with E-state index in [0.717, 1.165) is 0 Å². The lowest BCUT2D eigenvalue weighted by atomic mass is 10.1. The Bertz CT molecular complexity index is 359. The molecule has 17 heavy (non-hydrogen) atoms. The maximum Gasteiger partial charge on any atom is 0.327 e. The molecule has 3 N–H and O–H groups in total. The maximum atomic E-state index is 11.7. The Labute approximate surface area is 99.6 Å². The fourth-order valence-corrected chi connectivity index (χ4v) is 1.68. The number of β-amino-alcohol motifs (C(OH)–C–C–N with tert-alkyl or cyclic N) is 1. The van der Waals surface area contributed by atoms with Gasteiger partial charge in [-0.1, -0.05) is 0 Å². The lowest BCUT2D eigenvalue weighted by Crippen LogP contribution is -2.48. The smallest absolute Gasteiger partial charge is 0.327 e. The first-order valence-corrected chi connectivity index (χ1v) is 5.30. The molecule has 1 aliphatic rings. The summed E-state index contributed by atoms with van der Waals surface area (Å²) in [4.78, 5) is 23.9. The zero-order chi connectivity index (χ0) is 13.1. The van der Waals surface area contributed by atoms with E-state index in [4.69, 9.17) is 11.5 Å². The normalized spacial score (nSPS) is 25.1. The summed E-state index contributed by atoms with van der Waals surface area (Å²) >= 11 is 0. The minimum Gasteiger partial charge on any atom is -0.480 e. The van der Waals surface area contributed by atoms with Crippen molar-refractivity contribution in [3.63, 3.8) is 0 Å². The van der Waals surface area contributed by atoms with Gasteiger partial charge in [0.2, 0.25) is 0 Å². The van der Waals surface area contributed by atoms with Crippen LogP contribution in [0.4, 0.5) is 4.79 Å². The number of carboxylic acids is 1. The van der Waals surface area contributed by atoms with Crippen LogP contribution < -0.4 is 5.32 Å². The number of hydrogen-bond donors (Lipinski definition) is 3. The molecule has 2 amide bonds. The molecule has 1 rings (SSSR count). The zero-order valence-corrected chi connectivity index (χ0v) is 9.64. The van der Waals surface area contributed by atoms with Crippen LogP contribution in [0.15, 0.2) is 0 Å². The number of carbonyl (C=O) groups is 2. The number of nitrogens with one attached hydrogen (secondary N) is 1. The van der Waals surface area contributed by atoms with E-state index in [1.165, 1.54) is 4.90 Å². The Morgan fingerprint density at radius 1 is 1.65 bits per heavy atom. The van der Waals surface area contributed by atoms with Crippen molar-refractivity contribution < 1.29 is 19.8 Å². The average Bonchev–Trinajstić information content (AvgIpc) is 2.58. The van der Waals surface area contributed by atoms with E-state index in [-0.39, 0.29) is 13.0 Å². The minimum absolute atomic E-state index is 0.0642. The van der Waals surface area contributed by atoms with Gasteiger partial charge in [0.05, 0.1) is 12.1 Å². The second kappa shape index (κ2) is 5.06. The highest BCUT2D eigenvalue weighted by molar-refractivity contribution is 5.83. The molecule has 2 unspecified atom stereocenters. The molecule has 94 valence electrons. The van der Waals surface area contributed by atoms with Crippen LogP contribution in [0.25, 0.3) is 0 Å². The quantitative estimate of drug-likeness (QED) is 0.587. The van der Waals surface area contributed by atoms with Crippen molar-refractivity contribution in [3.05, 3.63) is 0 Å². The minimum atomic E-state index is -1.16. The Balaban J connectivity index is 2.54. The first kappa shape index (κ1) is 13.3. The lowest BCUT2D eigenvalue weighted by Gasteiger charge is -2.21. The number of carbonyl (C=O) groups excluding carboxylic acids is 1. The van der Waals surface area contributed by atoms with E-state index < -0.39 is 23.6 Å². The number of hydrogen-bond acceptors (Lipinski definition) is 3. The molecule has 0 aromatic rings. The van der Waals surface area contributed by atoms with Crippen LogP contribution in [-0.2, 0) is 4.79 Å². The SMILES string of the molecule is C#CCC(NC(=O)N1CCC(C)(O)C1)C(=O)O. The summed E-state index contributed by atoms with van der Waals surface area (Å²) in [5.41, 5.74) is -0.901. The second-order valence-corrected chi connectivity index (χ2v) is 4.42. The fourth-order valence-electron chi connectivity index (χ4n) is 1.68. The summed E-state index contributed by atoms with van der Waals surface area (Å²) in [7, 11) is 0. The standard InChI is InChI=1S/C11H16N2O4/c1-3-4-8(9(14)15)12-10(16)13-6-5-11(2,17)7-13/h1,8,17H,4-7H2,2H3,(H,12,16)(H,14,15). The number of nitrogens with zero attached hydrogens (tertiary/aromatic N) is 1. The summed E-state index contributed by atoms with van der Waals surface area (Å²) in [6.07, 6.45) is 5.44. The highest BCUT2D eigenvalue weighted by Gasteiger charge is 2.35. The van der Waals surface area contributed by atoms with Crippen LogP contribution in [0.2, 0.25) is 0 Å². The Kier molecular flexibility index (Phi) is 3.97. The van der Waals surface area contributed by atoms with Crippen LogP contribution in [-0.4, -0.2) is 51.8 Å². The number of aliphatic carboxylic acids is 1. The molecule has 2 atom stereocenters. The van der Waals surface area contributed by atoms with Crippen molar-refractivity contribution in [3.8, 4) is 12.3 Å². The van der Waals surface area contributed by atoms with Crippen molar-refractivity contribution >= 4 is 12.0 Å². The summed E-state index contributed by atoms with van der Waals surface area (Å²) < 4.78 is 0.